The first-order valence-electron chi connectivity index (χ1n) is 6.53. The van der Waals surface area contributed by atoms with E-state index in [9.17, 15) is 4.79 Å². The van der Waals surface area contributed by atoms with Crippen LogP contribution in [0.15, 0.2) is 0 Å². The summed E-state index contributed by atoms with van der Waals surface area (Å²) < 4.78 is 0. The van der Waals surface area contributed by atoms with E-state index in [-0.39, 0.29) is 5.92 Å². The Morgan fingerprint density at radius 3 is 2.62 bits per heavy atom. The van der Waals surface area contributed by atoms with Crippen LogP contribution >= 0.6 is 0 Å². The highest BCUT2D eigenvalue weighted by Crippen LogP contribution is 2.14. The monoisotopic (exact) mass is 225 g/mol. The summed E-state index contributed by atoms with van der Waals surface area (Å²) in [6, 6.07) is 0. The quantitative estimate of drug-likeness (QED) is 0.726. The van der Waals surface area contributed by atoms with Crippen molar-refractivity contribution in [3.63, 3.8) is 0 Å². The number of piperazine rings is 1. The number of piperidine rings is 1. The number of rotatable bonds is 2. The molecule has 2 rings (SSSR count). The van der Waals surface area contributed by atoms with Gasteiger partial charge in [0.05, 0.1) is 5.92 Å². The topological polar surface area (TPSA) is 35.6 Å². The molecule has 2 saturated heterocycles. The Bertz CT molecular complexity index is 230. The second kappa shape index (κ2) is 5.64. The van der Waals surface area contributed by atoms with Crippen LogP contribution in [0, 0.1) is 5.92 Å². The van der Waals surface area contributed by atoms with Crippen molar-refractivity contribution in [1.29, 1.82) is 0 Å². The summed E-state index contributed by atoms with van der Waals surface area (Å²) in [4.78, 5) is 16.7. The molecular weight excluding hydrogens is 202 g/mol. The molecular formula is C12H23N3O. The maximum atomic E-state index is 12.2. The molecule has 0 aliphatic carbocycles. The fourth-order valence-electron chi connectivity index (χ4n) is 2.61. The van der Waals surface area contributed by atoms with Gasteiger partial charge in [0.15, 0.2) is 0 Å². The Morgan fingerprint density at radius 1 is 1.31 bits per heavy atom. The van der Waals surface area contributed by atoms with Crippen LogP contribution in [0.5, 0.6) is 0 Å². The van der Waals surface area contributed by atoms with Crippen LogP contribution in [0.1, 0.15) is 19.8 Å². The normalized spacial score (nSPS) is 28.1. The number of likely N-dealkylation sites (N-methyl/N-ethyl adjacent to an activating group) is 1. The van der Waals surface area contributed by atoms with E-state index in [1.54, 1.807) is 0 Å². The molecule has 4 nitrogen and oxygen atoms in total. The molecule has 2 aliphatic heterocycles. The second-order valence-electron chi connectivity index (χ2n) is 4.80. The average Bonchev–Trinajstić information content (AvgIpc) is 2.39. The molecule has 1 atom stereocenters. The zero-order valence-electron chi connectivity index (χ0n) is 10.2. The number of carbonyl (C=O) groups excluding carboxylic acids is 1. The van der Waals surface area contributed by atoms with E-state index in [4.69, 9.17) is 0 Å². The highest BCUT2D eigenvalue weighted by molar-refractivity contribution is 5.79. The Hall–Kier alpha value is -0.610. The zero-order chi connectivity index (χ0) is 11.4. The van der Waals surface area contributed by atoms with Crippen molar-refractivity contribution in [2.45, 2.75) is 19.8 Å². The van der Waals surface area contributed by atoms with E-state index in [1.807, 2.05) is 0 Å². The van der Waals surface area contributed by atoms with Crippen molar-refractivity contribution in [3.8, 4) is 0 Å². The predicted octanol–water partition coefficient (Wildman–Crippen LogP) is 0.150. The van der Waals surface area contributed by atoms with Crippen molar-refractivity contribution in [3.05, 3.63) is 0 Å². The van der Waals surface area contributed by atoms with Gasteiger partial charge in [0, 0.05) is 32.7 Å². The van der Waals surface area contributed by atoms with Gasteiger partial charge in [-0.25, -0.2) is 0 Å². The van der Waals surface area contributed by atoms with Crippen molar-refractivity contribution in [1.82, 2.24) is 15.1 Å². The molecule has 0 aromatic carbocycles. The van der Waals surface area contributed by atoms with Crippen molar-refractivity contribution < 1.29 is 4.79 Å². The minimum Gasteiger partial charge on any atom is -0.340 e. The van der Waals surface area contributed by atoms with E-state index in [0.29, 0.717) is 5.91 Å². The summed E-state index contributed by atoms with van der Waals surface area (Å²) in [6.45, 7) is 9.17. The van der Waals surface area contributed by atoms with Gasteiger partial charge < -0.3 is 15.1 Å². The Morgan fingerprint density at radius 2 is 2.06 bits per heavy atom. The lowest BCUT2D eigenvalue weighted by molar-refractivity contribution is -0.137. The van der Waals surface area contributed by atoms with Crippen molar-refractivity contribution >= 4 is 5.91 Å². The third-order valence-electron chi connectivity index (χ3n) is 3.78. The minimum atomic E-state index is 0.238. The SMILES string of the molecule is CCN1CCN(C(=O)[C@@H]2CCCNC2)CC1. The van der Waals surface area contributed by atoms with Gasteiger partial charge in [0.1, 0.15) is 0 Å². The maximum absolute atomic E-state index is 12.2. The zero-order valence-corrected chi connectivity index (χ0v) is 10.2. The van der Waals surface area contributed by atoms with Crippen molar-refractivity contribution in [2.24, 2.45) is 5.92 Å². The van der Waals surface area contributed by atoms with E-state index >= 15 is 0 Å². The first-order valence-corrected chi connectivity index (χ1v) is 6.53. The molecule has 4 heteroatoms. The van der Waals surface area contributed by atoms with Gasteiger partial charge in [-0.2, -0.15) is 0 Å². The lowest BCUT2D eigenvalue weighted by atomic mass is 9.98. The van der Waals surface area contributed by atoms with Crippen LogP contribution in [0.25, 0.3) is 0 Å². The Kier molecular flexibility index (Phi) is 4.18. The third kappa shape index (κ3) is 2.74. The summed E-state index contributed by atoms with van der Waals surface area (Å²) >= 11 is 0. The summed E-state index contributed by atoms with van der Waals surface area (Å²) in [6.07, 6.45) is 2.21. The van der Waals surface area contributed by atoms with E-state index < -0.39 is 0 Å². The average molecular weight is 225 g/mol. The molecule has 0 spiro atoms. The standard InChI is InChI=1S/C12H23N3O/c1-2-14-6-8-15(9-7-14)12(16)11-4-3-5-13-10-11/h11,13H,2-10H2,1H3/t11-/m1/s1. The molecule has 0 aromatic rings. The molecule has 0 aromatic heterocycles. The Labute approximate surface area is 98.0 Å². The van der Waals surface area contributed by atoms with Crippen LogP contribution in [0.4, 0.5) is 0 Å². The summed E-state index contributed by atoms with van der Waals surface area (Å²) in [5, 5.41) is 3.32. The van der Waals surface area contributed by atoms with E-state index in [0.717, 1.165) is 58.7 Å². The van der Waals surface area contributed by atoms with Gasteiger partial charge in [-0.05, 0) is 25.9 Å². The van der Waals surface area contributed by atoms with E-state index in [1.165, 1.54) is 0 Å². The van der Waals surface area contributed by atoms with Gasteiger partial charge >= 0.3 is 0 Å². The van der Waals surface area contributed by atoms with Crippen molar-refractivity contribution in [2.75, 3.05) is 45.8 Å². The van der Waals surface area contributed by atoms with Crippen LogP contribution in [0.2, 0.25) is 0 Å². The van der Waals surface area contributed by atoms with Gasteiger partial charge in [-0.15, -0.1) is 0 Å². The molecule has 0 unspecified atom stereocenters. The third-order valence-corrected chi connectivity index (χ3v) is 3.78. The highest BCUT2D eigenvalue weighted by atomic mass is 16.2. The number of hydrogen-bond donors (Lipinski definition) is 1. The van der Waals surface area contributed by atoms with E-state index in [2.05, 4.69) is 22.0 Å². The molecule has 2 heterocycles. The molecule has 2 fully saturated rings. The largest absolute Gasteiger partial charge is 0.340 e. The number of amides is 1. The van der Waals surface area contributed by atoms with Gasteiger partial charge in [0.25, 0.3) is 0 Å². The van der Waals surface area contributed by atoms with Gasteiger partial charge in [-0.1, -0.05) is 6.92 Å². The number of nitrogens with zero attached hydrogens (tertiary/aromatic N) is 2. The first-order chi connectivity index (χ1) is 7.81. The van der Waals surface area contributed by atoms with Gasteiger partial charge in [-0.3, -0.25) is 4.79 Å². The summed E-state index contributed by atoms with van der Waals surface area (Å²) in [5.74, 6) is 0.616. The predicted molar refractivity (Wildman–Crippen MR) is 64.3 cm³/mol. The fraction of sp³-hybridized carbons (Fsp3) is 0.917. The fourth-order valence-corrected chi connectivity index (χ4v) is 2.61. The van der Waals surface area contributed by atoms with Crippen LogP contribution in [0.3, 0.4) is 0 Å². The van der Waals surface area contributed by atoms with Gasteiger partial charge in [0.2, 0.25) is 5.91 Å². The smallest absolute Gasteiger partial charge is 0.227 e. The molecule has 0 saturated carbocycles. The summed E-state index contributed by atoms with van der Waals surface area (Å²) in [5.41, 5.74) is 0. The molecule has 0 bridgehead atoms. The number of carbonyl (C=O) groups is 1. The summed E-state index contributed by atoms with van der Waals surface area (Å²) in [7, 11) is 0. The molecule has 1 amide bonds. The number of nitrogens with one attached hydrogen (secondary N) is 1. The maximum Gasteiger partial charge on any atom is 0.227 e. The molecule has 2 aliphatic rings. The number of hydrogen-bond acceptors (Lipinski definition) is 3. The van der Waals surface area contributed by atoms with Crippen LogP contribution in [-0.4, -0.2) is 61.5 Å². The van der Waals surface area contributed by atoms with Crippen LogP contribution in [-0.2, 0) is 4.79 Å². The Balaban J connectivity index is 1.81. The first kappa shape index (κ1) is 11.9. The highest BCUT2D eigenvalue weighted by Gasteiger charge is 2.27. The minimum absolute atomic E-state index is 0.238. The molecule has 16 heavy (non-hydrogen) atoms. The molecule has 0 radical (unpaired) electrons. The lowest BCUT2D eigenvalue weighted by Crippen LogP contribution is -2.52. The van der Waals surface area contributed by atoms with Crippen LogP contribution < -0.4 is 5.32 Å². The second-order valence-corrected chi connectivity index (χ2v) is 4.80. The molecule has 92 valence electrons. The lowest BCUT2D eigenvalue weighted by Gasteiger charge is -2.36. The molecule has 1 N–H and O–H groups in total.